The van der Waals surface area contributed by atoms with Crippen molar-refractivity contribution in [2.45, 2.75) is 154 Å². The van der Waals surface area contributed by atoms with Gasteiger partial charge in [0.15, 0.2) is 0 Å². The molecule has 3 saturated carbocycles. The van der Waals surface area contributed by atoms with E-state index >= 15 is 0 Å². The van der Waals surface area contributed by atoms with Gasteiger partial charge in [-0.3, -0.25) is 0 Å². The van der Waals surface area contributed by atoms with Crippen molar-refractivity contribution in [3.63, 3.8) is 0 Å². The van der Waals surface area contributed by atoms with Gasteiger partial charge in [0.05, 0.1) is 5.82 Å². The lowest BCUT2D eigenvalue weighted by Crippen LogP contribution is -2.44. The minimum atomic E-state index is -1.75. The highest BCUT2D eigenvalue weighted by atomic mass is 31.2. The summed E-state index contributed by atoms with van der Waals surface area (Å²) in [5.41, 5.74) is 17.1. The van der Waals surface area contributed by atoms with E-state index in [1.807, 2.05) is 0 Å². The zero-order chi connectivity index (χ0) is 34.9. The summed E-state index contributed by atoms with van der Waals surface area (Å²) in [6.45, 7) is 14.7. The van der Waals surface area contributed by atoms with Crippen LogP contribution in [0, 0.1) is 41.5 Å². The van der Waals surface area contributed by atoms with Crippen LogP contribution in [0.1, 0.15) is 139 Å². The summed E-state index contributed by atoms with van der Waals surface area (Å²) in [7, 11) is 0. The van der Waals surface area contributed by atoms with Crippen molar-refractivity contribution >= 4 is 12.7 Å². The largest absolute Gasteiger partial charge is 0.370 e. The summed E-state index contributed by atoms with van der Waals surface area (Å²) in [4.78, 5) is 0. The Labute approximate surface area is 305 Å². The third-order valence-corrected chi connectivity index (χ3v) is 20.0. The Balaban J connectivity index is 1.57. The quantitative estimate of drug-likeness (QED) is 0.241. The molecule has 7 rings (SSSR count). The number of allylic oxidation sites excluding steroid dienone is 1. The molecule has 4 aliphatic rings. The first-order chi connectivity index (χ1) is 24.2. The van der Waals surface area contributed by atoms with Gasteiger partial charge >= 0.3 is 0 Å². The monoisotopic (exact) mass is 688 g/mol. The fourth-order valence-electron chi connectivity index (χ4n) is 12.1. The molecular formula is C47H65N2P. The van der Waals surface area contributed by atoms with Crippen LogP contribution in [0.4, 0.5) is 0 Å². The van der Waals surface area contributed by atoms with E-state index in [1.165, 1.54) is 117 Å². The Bertz CT molecular complexity index is 1680. The van der Waals surface area contributed by atoms with Crippen LogP contribution in [-0.4, -0.2) is 30.2 Å². The van der Waals surface area contributed by atoms with E-state index in [1.54, 1.807) is 27.8 Å². The van der Waals surface area contributed by atoms with Gasteiger partial charge in [0.2, 0.25) is 0 Å². The van der Waals surface area contributed by atoms with Gasteiger partial charge in [0.25, 0.3) is 0 Å². The Hall–Kier alpha value is -2.70. The summed E-state index contributed by atoms with van der Waals surface area (Å²) in [5, 5.41) is 7.87. The normalized spacial score (nSPS) is 23.8. The van der Waals surface area contributed by atoms with Crippen molar-refractivity contribution in [1.82, 2.24) is 10.6 Å². The van der Waals surface area contributed by atoms with Crippen molar-refractivity contribution in [3.8, 4) is 0 Å². The van der Waals surface area contributed by atoms with Crippen LogP contribution >= 0.6 is 6.89 Å². The average Bonchev–Trinajstić information content (AvgIpc) is 3.64. The van der Waals surface area contributed by atoms with Gasteiger partial charge in [0.1, 0.15) is 0 Å². The Morgan fingerprint density at radius 3 is 1.74 bits per heavy atom. The molecule has 2 N–H and O–H groups in total. The summed E-state index contributed by atoms with van der Waals surface area (Å²) < 4.78 is 0. The molecule has 0 radical (unpaired) electrons. The Morgan fingerprint density at radius 2 is 1.20 bits per heavy atom. The maximum Gasteiger partial charge on any atom is 0.0985 e. The number of nitrogens with one attached hydrogen (secondary N) is 2. The fraction of sp³-hybridized carbons (Fsp3) is 0.553. The second kappa shape index (κ2) is 15.1. The number of hydrogen-bond acceptors (Lipinski definition) is 2. The van der Waals surface area contributed by atoms with E-state index in [-0.39, 0.29) is 5.16 Å². The van der Waals surface area contributed by atoms with E-state index in [9.17, 15) is 0 Å². The predicted molar refractivity (Wildman–Crippen MR) is 219 cm³/mol. The molecule has 2 atom stereocenters. The summed E-state index contributed by atoms with van der Waals surface area (Å²) >= 11 is 0. The summed E-state index contributed by atoms with van der Waals surface area (Å²) in [5.74, 6) is 4.89. The zero-order valence-corrected chi connectivity index (χ0v) is 33.2. The molecule has 1 heterocycles. The zero-order valence-electron chi connectivity index (χ0n) is 32.3. The first-order valence-electron chi connectivity index (χ1n) is 20.4. The van der Waals surface area contributed by atoms with Crippen LogP contribution in [0.5, 0.6) is 0 Å². The molecule has 4 fully saturated rings. The molecule has 2 nitrogen and oxygen atoms in total. The molecule has 3 aliphatic carbocycles. The first-order valence-corrected chi connectivity index (χ1v) is 22.4. The highest BCUT2D eigenvalue weighted by Gasteiger charge is 2.56. The lowest BCUT2D eigenvalue weighted by Gasteiger charge is -2.60. The van der Waals surface area contributed by atoms with Crippen LogP contribution < -0.4 is 10.6 Å². The minimum Gasteiger partial charge on any atom is -0.370 e. The second-order valence-electron chi connectivity index (χ2n) is 16.9. The molecule has 1 aliphatic heterocycles. The van der Waals surface area contributed by atoms with Gasteiger partial charge in [-0.2, -0.15) is 0 Å². The maximum atomic E-state index is 3.86. The smallest absolute Gasteiger partial charge is 0.0985 e. The first kappa shape index (κ1) is 35.7. The van der Waals surface area contributed by atoms with Crippen molar-refractivity contribution in [3.05, 3.63) is 116 Å². The molecule has 0 spiro atoms. The molecule has 3 aromatic rings. The standard InChI is InChI=1S/C47H65N2P/c1-33-28-35(3)44(36(4)29-33)43-32-47(24-22-42(43)46-48-25-26-49-46,45-37(5)30-34(2)31-38(45)6)50(40-18-12-8-13-19-40,41-20-14-9-15-21-41)27-23-39-16-10-7-11-17-39/h7,10-11,16-17,27-31,40-41,43,48-49H,8-9,12-15,18-26,32H2,1-6H3. The summed E-state index contributed by atoms with van der Waals surface area (Å²) in [6.07, 6.45) is 19.1. The fourth-order valence-corrected chi connectivity index (χ4v) is 19.7. The van der Waals surface area contributed by atoms with Gasteiger partial charge in [0, 0.05) is 24.2 Å². The lowest BCUT2D eigenvalue weighted by molar-refractivity contribution is 0.390. The number of benzene rings is 3. The predicted octanol–water partition coefficient (Wildman–Crippen LogP) is 11.8. The van der Waals surface area contributed by atoms with E-state index in [0.29, 0.717) is 5.92 Å². The van der Waals surface area contributed by atoms with Crippen LogP contribution in [0.25, 0.3) is 0 Å². The van der Waals surface area contributed by atoms with Gasteiger partial charge in [-0.25, -0.2) is 0 Å². The molecule has 0 amide bonds. The topological polar surface area (TPSA) is 24.1 Å². The van der Waals surface area contributed by atoms with Crippen LogP contribution in [0.3, 0.4) is 0 Å². The molecule has 3 aromatic carbocycles. The maximum absolute atomic E-state index is 3.86. The minimum absolute atomic E-state index is 0.157. The van der Waals surface area contributed by atoms with Gasteiger partial charge in [-0.1, -0.05) is 117 Å². The van der Waals surface area contributed by atoms with E-state index in [0.717, 1.165) is 30.8 Å². The van der Waals surface area contributed by atoms with Crippen molar-refractivity contribution < 1.29 is 0 Å². The molecule has 3 heteroatoms. The van der Waals surface area contributed by atoms with Crippen molar-refractivity contribution in [1.29, 1.82) is 0 Å². The van der Waals surface area contributed by atoms with E-state index in [2.05, 4.69) is 113 Å². The average molecular weight is 689 g/mol. The third kappa shape index (κ3) is 6.57. The lowest BCUT2D eigenvalue weighted by atomic mass is 9.68. The van der Waals surface area contributed by atoms with E-state index in [4.69, 9.17) is 0 Å². The highest BCUT2D eigenvalue weighted by molar-refractivity contribution is 7.77. The van der Waals surface area contributed by atoms with Gasteiger partial charge in [-0.05, 0) is 149 Å². The molecule has 50 heavy (non-hydrogen) atoms. The number of hydrogen-bond donors (Lipinski definition) is 2. The number of aryl methyl sites for hydroxylation is 6. The molecule has 0 aromatic heterocycles. The van der Waals surface area contributed by atoms with Crippen molar-refractivity contribution in [2.75, 3.05) is 13.1 Å². The molecule has 1 saturated heterocycles. The van der Waals surface area contributed by atoms with Gasteiger partial charge < -0.3 is 10.6 Å². The highest BCUT2D eigenvalue weighted by Crippen LogP contribution is 2.79. The molecular weight excluding hydrogens is 624 g/mol. The van der Waals surface area contributed by atoms with Crippen molar-refractivity contribution in [2.24, 2.45) is 0 Å². The van der Waals surface area contributed by atoms with E-state index < -0.39 is 6.89 Å². The second-order valence-corrected chi connectivity index (χ2v) is 21.3. The van der Waals surface area contributed by atoms with Crippen LogP contribution in [0.15, 0.2) is 66.0 Å². The Morgan fingerprint density at radius 1 is 0.680 bits per heavy atom. The van der Waals surface area contributed by atoms with Crippen LogP contribution in [0.2, 0.25) is 0 Å². The SMILES string of the molecule is Cc1cc(C)c(C2CC(c3c(C)cc(C)cc3C)(P(=CCc3ccccc3)(C3CCCCC3)C3CCCCC3)CCC2=C2NCCN2)c(C)c1. The summed E-state index contributed by atoms with van der Waals surface area (Å²) in [6, 6.07) is 21.6. The molecule has 268 valence electrons. The third-order valence-electron chi connectivity index (χ3n) is 13.6. The van der Waals surface area contributed by atoms with Gasteiger partial charge in [-0.15, -0.1) is 0 Å². The van der Waals surface area contributed by atoms with Crippen LogP contribution in [-0.2, 0) is 11.6 Å². The molecule has 0 bridgehead atoms. The number of rotatable bonds is 7. The Kier molecular flexibility index (Phi) is 10.8. The molecule has 2 unspecified atom stereocenters.